The summed E-state index contributed by atoms with van der Waals surface area (Å²) in [6.07, 6.45) is -4.25. The lowest BCUT2D eigenvalue weighted by molar-refractivity contribution is -0.192. The molecule has 0 spiro atoms. The number of hydrogen-bond donors (Lipinski definition) is 3. The van der Waals surface area contributed by atoms with E-state index in [0.29, 0.717) is 6.54 Å². The molecule has 1 aliphatic rings. The van der Waals surface area contributed by atoms with Gasteiger partial charge in [0, 0.05) is 19.1 Å². The van der Waals surface area contributed by atoms with Crippen molar-refractivity contribution in [2.45, 2.75) is 18.6 Å². The van der Waals surface area contributed by atoms with Crippen molar-refractivity contribution in [3.05, 3.63) is 61.5 Å². The number of fused-ring (bicyclic) bond motifs is 1. The summed E-state index contributed by atoms with van der Waals surface area (Å²) in [4.78, 5) is 23.4. The second-order valence-electron chi connectivity index (χ2n) is 6.98. The zero-order chi connectivity index (χ0) is 24.9. The van der Waals surface area contributed by atoms with Crippen LogP contribution in [0.4, 0.5) is 18.9 Å². The molecule has 1 aliphatic heterocycles. The Bertz CT molecular complexity index is 1010. The van der Waals surface area contributed by atoms with Crippen molar-refractivity contribution in [3.8, 4) is 0 Å². The molecule has 0 fully saturated rings. The summed E-state index contributed by atoms with van der Waals surface area (Å²) >= 11 is 24.3. The third-order valence-corrected chi connectivity index (χ3v) is 6.17. The minimum absolute atomic E-state index is 0.144. The number of alkyl halides is 3. The minimum atomic E-state index is -5.08. The van der Waals surface area contributed by atoms with E-state index in [4.69, 9.17) is 62.0 Å². The predicted molar refractivity (Wildman–Crippen MR) is 122 cm³/mol. The van der Waals surface area contributed by atoms with Gasteiger partial charge in [0.15, 0.2) is 0 Å². The van der Waals surface area contributed by atoms with Crippen molar-refractivity contribution in [1.82, 2.24) is 4.90 Å². The van der Waals surface area contributed by atoms with Crippen LogP contribution in [0.1, 0.15) is 17.2 Å². The summed E-state index contributed by atoms with van der Waals surface area (Å²) in [7, 11) is 0. The number of hydrogen-bond acceptors (Lipinski definition) is 4. The molecule has 6 nitrogen and oxygen atoms in total. The number of rotatable bonds is 3. The van der Waals surface area contributed by atoms with Crippen LogP contribution in [-0.2, 0) is 16.0 Å². The van der Waals surface area contributed by atoms with Gasteiger partial charge in [-0.2, -0.15) is 13.2 Å². The van der Waals surface area contributed by atoms with Crippen LogP contribution in [0.25, 0.3) is 0 Å². The Morgan fingerprint density at radius 3 is 2.21 bits per heavy atom. The largest absolute Gasteiger partial charge is 0.490 e. The van der Waals surface area contributed by atoms with Gasteiger partial charge in [-0.25, -0.2) is 4.79 Å². The lowest BCUT2D eigenvalue weighted by Crippen LogP contribution is -2.37. The molecule has 1 amide bonds. The lowest BCUT2D eigenvalue weighted by Gasteiger charge is -2.22. The van der Waals surface area contributed by atoms with Crippen LogP contribution >= 0.6 is 46.4 Å². The Kier molecular flexibility index (Phi) is 9.66. The van der Waals surface area contributed by atoms with E-state index in [1.807, 2.05) is 23.1 Å². The summed E-state index contributed by atoms with van der Waals surface area (Å²) in [6, 6.07) is 9.39. The highest BCUT2D eigenvalue weighted by Crippen LogP contribution is 2.41. The number of aliphatic carboxylic acids is 1. The maximum atomic E-state index is 12.5. The Hall–Kier alpha value is -1.75. The molecule has 0 radical (unpaired) electrons. The third kappa shape index (κ3) is 7.63. The molecule has 0 aliphatic carbocycles. The first-order valence-electron chi connectivity index (χ1n) is 9.30. The topological polar surface area (TPSA) is 95.7 Å². The fourth-order valence-electron chi connectivity index (χ4n) is 3.08. The molecule has 0 saturated carbocycles. The number of carbonyl (C=O) groups excluding carboxylic acids is 1. The molecule has 4 N–H and O–H groups in total. The summed E-state index contributed by atoms with van der Waals surface area (Å²) in [5.74, 6) is -3.02. The predicted octanol–water partition coefficient (Wildman–Crippen LogP) is 5.43. The van der Waals surface area contributed by atoms with Gasteiger partial charge in [0.1, 0.15) is 0 Å². The van der Waals surface area contributed by atoms with Gasteiger partial charge in [-0.15, -0.1) is 0 Å². The molecule has 2 aromatic carbocycles. The number of halogens is 7. The van der Waals surface area contributed by atoms with E-state index in [9.17, 15) is 18.0 Å². The van der Waals surface area contributed by atoms with Gasteiger partial charge in [-0.05, 0) is 23.6 Å². The number of carboxylic acids is 1. The molecule has 180 valence electrons. The van der Waals surface area contributed by atoms with Gasteiger partial charge < -0.3 is 16.2 Å². The number of nitrogens with one attached hydrogen (secondary N) is 1. The highest BCUT2D eigenvalue weighted by atomic mass is 35.5. The first kappa shape index (κ1) is 27.5. The summed E-state index contributed by atoms with van der Waals surface area (Å²) in [5, 5.41) is 10.6. The Labute approximate surface area is 207 Å². The van der Waals surface area contributed by atoms with Gasteiger partial charge in [0.05, 0.1) is 32.3 Å². The Morgan fingerprint density at radius 1 is 1.12 bits per heavy atom. The number of carboxylic acid groups (broad SMARTS) is 1. The average molecular weight is 547 g/mol. The fraction of sp³-hybridized carbons (Fsp3) is 0.300. The van der Waals surface area contributed by atoms with E-state index in [1.54, 1.807) is 0 Å². The molecule has 0 aromatic heterocycles. The first-order chi connectivity index (χ1) is 15.3. The van der Waals surface area contributed by atoms with Crippen LogP contribution in [0.2, 0.25) is 20.1 Å². The van der Waals surface area contributed by atoms with Crippen molar-refractivity contribution < 1.29 is 27.9 Å². The lowest BCUT2D eigenvalue weighted by atomic mass is 10.0. The maximum Gasteiger partial charge on any atom is 0.490 e. The number of nitrogens with two attached hydrogens (primary N) is 1. The van der Waals surface area contributed by atoms with Gasteiger partial charge in [-0.1, -0.05) is 70.7 Å². The number of carbonyl (C=O) groups is 2. The molecule has 1 unspecified atom stereocenters. The highest BCUT2D eigenvalue weighted by Gasteiger charge is 2.38. The van der Waals surface area contributed by atoms with Crippen LogP contribution in [-0.4, -0.2) is 47.7 Å². The van der Waals surface area contributed by atoms with Crippen LogP contribution in [0.5, 0.6) is 0 Å². The van der Waals surface area contributed by atoms with E-state index in [1.165, 1.54) is 11.6 Å². The molecule has 0 saturated heterocycles. The Morgan fingerprint density at radius 2 is 1.67 bits per heavy atom. The quantitative estimate of drug-likeness (QED) is 0.446. The number of benzene rings is 2. The van der Waals surface area contributed by atoms with Gasteiger partial charge in [-0.3, -0.25) is 9.69 Å². The van der Waals surface area contributed by atoms with Crippen molar-refractivity contribution in [1.29, 1.82) is 0 Å². The fourth-order valence-corrected chi connectivity index (χ4v) is 3.98. The van der Waals surface area contributed by atoms with Crippen LogP contribution in [0.15, 0.2) is 30.3 Å². The standard InChI is InChI=1S/C18H17Cl4N3O.C2HF3O2/c19-12-7-13(20)17(22)18(16(12)21)24-15(26)9-25-6-5-10-3-1-2-4-11(10)14(23)8-25;3-2(4,5)1(6)7/h1-4,7,14H,5-6,8-9,23H2,(H,24,26);(H,6,7). The monoisotopic (exact) mass is 545 g/mol. The molecule has 13 heteroatoms. The van der Waals surface area contributed by atoms with Crippen molar-refractivity contribution in [2.75, 3.05) is 25.0 Å². The van der Waals surface area contributed by atoms with E-state index in [0.717, 1.165) is 18.5 Å². The third-order valence-electron chi connectivity index (χ3n) is 4.59. The van der Waals surface area contributed by atoms with E-state index in [-0.39, 0.29) is 44.3 Å². The summed E-state index contributed by atoms with van der Waals surface area (Å²) in [5.41, 5.74) is 8.87. The number of amides is 1. The highest BCUT2D eigenvalue weighted by molar-refractivity contribution is 6.50. The summed E-state index contributed by atoms with van der Waals surface area (Å²) < 4.78 is 31.7. The van der Waals surface area contributed by atoms with Gasteiger partial charge >= 0.3 is 12.1 Å². The summed E-state index contributed by atoms with van der Waals surface area (Å²) in [6.45, 7) is 1.48. The van der Waals surface area contributed by atoms with Gasteiger partial charge in [0.25, 0.3) is 0 Å². The maximum absolute atomic E-state index is 12.5. The zero-order valence-electron chi connectivity index (χ0n) is 16.7. The number of anilines is 1. The Balaban J connectivity index is 0.000000479. The zero-order valence-corrected chi connectivity index (χ0v) is 19.8. The molecular weight excluding hydrogens is 529 g/mol. The molecule has 0 bridgehead atoms. The van der Waals surface area contributed by atoms with Crippen molar-refractivity contribution in [2.24, 2.45) is 5.73 Å². The van der Waals surface area contributed by atoms with Crippen molar-refractivity contribution in [3.63, 3.8) is 0 Å². The average Bonchev–Trinajstić information content (AvgIpc) is 2.88. The van der Waals surface area contributed by atoms with Gasteiger partial charge in [0.2, 0.25) is 5.91 Å². The van der Waals surface area contributed by atoms with Crippen LogP contribution in [0.3, 0.4) is 0 Å². The SMILES string of the molecule is NC1CN(CC(=O)Nc2c(Cl)c(Cl)cc(Cl)c2Cl)CCc2ccccc21.O=C(O)C(F)(F)F. The molecular formula is C20H18Cl4F3N3O3. The van der Waals surface area contributed by atoms with Crippen LogP contribution < -0.4 is 11.1 Å². The second kappa shape index (κ2) is 11.6. The van der Waals surface area contributed by atoms with Crippen LogP contribution in [0, 0.1) is 0 Å². The van der Waals surface area contributed by atoms with E-state index in [2.05, 4.69) is 11.4 Å². The van der Waals surface area contributed by atoms with E-state index >= 15 is 0 Å². The molecule has 1 atom stereocenters. The first-order valence-corrected chi connectivity index (χ1v) is 10.8. The normalized spacial score (nSPS) is 16.2. The minimum Gasteiger partial charge on any atom is -0.475 e. The number of nitrogens with zero attached hydrogens (tertiary/aromatic N) is 1. The molecule has 2 aromatic rings. The van der Waals surface area contributed by atoms with Crippen molar-refractivity contribution >= 4 is 64.0 Å². The smallest absolute Gasteiger partial charge is 0.475 e. The van der Waals surface area contributed by atoms with E-state index < -0.39 is 12.1 Å². The molecule has 3 rings (SSSR count). The second-order valence-corrected chi connectivity index (χ2v) is 8.56. The molecule has 1 heterocycles. The molecule has 33 heavy (non-hydrogen) atoms.